The third-order valence-corrected chi connectivity index (χ3v) is 1.76. The van der Waals surface area contributed by atoms with E-state index in [2.05, 4.69) is 0 Å². The van der Waals surface area contributed by atoms with Crippen LogP contribution in [0, 0.1) is 6.42 Å². The van der Waals surface area contributed by atoms with E-state index >= 15 is 0 Å². The van der Waals surface area contributed by atoms with Crippen LogP contribution in [0.2, 0.25) is 0 Å². The summed E-state index contributed by atoms with van der Waals surface area (Å²) in [5.74, 6) is 0. The molecule has 0 aromatic carbocycles. The molecule has 12 heavy (non-hydrogen) atoms. The van der Waals surface area contributed by atoms with Gasteiger partial charge in [-0.05, 0) is 0 Å². The van der Waals surface area contributed by atoms with Gasteiger partial charge in [0.05, 0.1) is 12.7 Å². The quantitative estimate of drug-likeness (QED) is 0.477. The van der Waals surface area contributed by atoms with Gasteiger partial charge in [0.1, 0.15) is 12.2 Å². The highest BCUT2D eigenvalue weighted by atomic mass is 16.7. The van der Waals surface area contributed by atoms with Crippen molar-refractivity contribution in [3.63, 3.8) is 0 Å². The lowest BCUT2D eigenvalue weighted by Gasteiger charge is -2.15. The number of aliphatic hydroxyl groups is 3. The second-order valence-electron chi connectivity index (χ2n) is 2.64. The first-order valence-corrected chi connectivity index (χ1v) is 3.69. The first kappa shape index (κ1) is 9.88. The van der Waals surface area contributed by atoms with Gasteiger partial charge in [-0.15, -0.1) is 0 Å². The van der Waals surface area contributed by atoms with Crippen molar-refractivity contribution in [3.05, 3.63) is 6.42 Å². The first-order chi connectivity index (χ1) is 5.69. The Morgan fingerprint density at radius 3 is 2.75 bits per heavy atom. The molecule has 1 fully saturated rings. The Morgan fingerprint density at radius 1 is 1.67 bits per heavy atom. The SMILES string of the molecule is COC1O[C@H]([C@H](O)CO)[CH][C@H]1O. The molecule has 1 saturated heterocycles. The normalized spacial score (nSPS) is 38.5. The molecule has 0 spiro atoms. The van der Waals surface area contributed by atoms with Gasteiger partial charge in [0, 0.05) is 13.5 Å². The lowest BCUT2D eigenvalue weighted by molar-refractivity contribution is -0.166. The van der Waals surface area contributed by atoms with E-state index in [4.69, 9.17) is 19.7 Å². The highest BCUT2D eigenvalue weighted by Crippen LogP contribution is 2.21. The lowest BCUT2D eigenvalue weighted by atomic mass is 10.1. The summed E-state index contributed by atoms with van der Waals surface area (Å²) >= 11 is 0. The van der Waals surface area contributed by atoms with Crippen molar-refractivity contribution in [1.82, 2.24) is 0 Å². The highest BCUT2D eigenvalue weighted by molar-refractivity contribution is 4.96. The van der Waals surface area contributed by atoms with Crippen LogP contribution in [-0.2, 0) is 9.47 Å². The molecule has 5 heteroatoms. The summed E-state index contributed by atoms with van der Waals surface area (Å²) in [6, 6.07) is 0. The lowest BCUT2D eigenvalue weighted by Crippen LogP contribution is -2.30. The molecule has 1 aliphatic rings. The maximum Gasteiger partial charge on any atom is 0.183 e. The first-order valence-electron chi connectivity index (χ1n) is 3.69. The van der Waals surface area contributed by atoms with Gasteiger partial charge in [-0.1, -0.05) is 0 Å². The molecule has 1 rings (SSSR count). The Labute approximate surface area is 70.5 Å². The fourth-order valence-corrected chi connectivity index (χ4v) is 1.08. The molecule has 4 atom stereocenters. The van der Waals surface area contributed by atoms with Crippen LogP contribution in [0.4, 0.5) is 0 Å². The largest absolute Gasteiger partial charge is 0.394 e. The minimum absolute atomic E-state index is 0.398. The number of hydrogen-bond acceptors (Lipinski definition) is 5. The number of ether oxygens (including phenoxy) is 2. The van der Waals surface area contributed by atoms with Gasteiger partial charge in [0.25, 0.3) is 0 Å². The van der Waals surface area contributed by atoms with Gasteiger partial charge >= 0.3 is 0 Å². The molecule has 71 valence electrons. The van der Waals surface area contributed by atoms with E-state index in [9.17, 15) is 5.11 Å². The minimum atomic E-state index is -1.00. The third kappa shape index (κ3) is 1.94. The summed E-state index contributed by atoms with van der Waals surface area (Å²) < 4.78 is 9.79. The van der Waals surface area contributed by atoms with Crippen LogP contribution in [0.5, 0.6) is 0 Å². The van der Waals surface area contributed by atoms with Gasteiger partial charge < -0.3 is 24.8 Å². The van der Waals surface area contributed by atoms with E-state index < -0.39 is 31.2 Å². The maximum atomic E-state index is 9.21. The zero-order chi connectivity index (χ0) is 9.14. The second-order valence-corrected chi connectivity index (χ2v) is 2.64. The summed E-state index contributed by atoms with van der Waals surface area (Å²) in [7, 11) is 1.40. The molecule has 1 heterocycles. The summed E-state index contributed by atoms with van der Waals surface area (Å²) in [5.41, 5.74) is 0. The van der Waals surface area contributed by atoms with E-state index in [0.717, 1.165) is 0 Å². The molecule has 0 aromatic heterocycles. The second kappa shape index (κ2) is 4.15. The third-order valence-electron chi connectivity index (χ3n) is 1.76. The van der Waals surface area contributed by atoms with Crippen molar-refractivity contribution in [2.45, 2.75) is 24.6 Å². The predicted molar refractivity (Wildman–Crippen MR) is 39.1 cm³/mol. The minimum Gasteiger partial charge on any atom is -0.394 e. The molecular formula is C7H13O5. The Balaban J connectivity index is 2.42. The van der Waals surface area contributed by atoms with Gasteiger partial charge in [-0.3, -0.25) is 0 Å². The van der Waals surface area contributed by atoms with Crippen LogP contribution in [0.25, 0.3) is 0 Å². The van der Waals surface area contributed by atoms with Crippen molar-refractivity contribution >= 4 is 0 Å². The molecule has 3 N–H and O–H groups in total. The topological polar surface area (TPSA) is 79.2 Å². The van der Waals surface area contributed by atoms with Gasteiger partial charge in [-0.25, -0.2) is 0 Å². The Kier molecular flexibility index (Phi) is 3.42. The molecule has 0 bridgehead atoms. The van der Waals surface area contributed by atoms with Crippen molar-refractivity contribution in [1.29, 1.82) is 0 Å². The molecule has 0 saturated carbocycles. The molecule has 0 aromatic rings. The van der Waals surface area contributed by atoms with Crippen molar-refractivity contribution in [2.75, 3.05) is 13.7 Å². The van der Waals surface area contributed by atoms with E-state index in [1.807, 2.05) is 0 Å². The van der Waals surface area contributed by atoms with Gasteiger partial charge in [0.15, 0.2) is 6.29 Å². The van der Waals surface area contributed by atoms with Crippen molar-refractivity contribution in [2.24, 2.45) is 0 Å². The Morgan fingerprint density at radius 2 is 2.33 bits per heavy atom. The van der Waals surface area contributed by atoms with Crippen molar-refractivity contribution < 1.29 is 24.8 Å². The average molecular weight is 177 g/mol. The fraction of sp³-hybridized carbons (Fsp3) is 0.857. The van der Waals surface area contributed by atoms with E-state index in [1.165, 1.54) is 13.5 Å². The molecular weight excluding hydrogens is 164 g/mol. The van der Waals surface area contributed by atoms with Crippen LogP contribution in [0.3, 0.4) is 0 Å². The van der Waals surface area contributed by atoms with Crippen molar-refractivity contribution in [3.8, 4) is 0 Å². The average Bonchev–Trinajstić information content (AvgIpc) is 2.45. The van der Waals surface area contributed by atoms with Crippen LogP contribution >= 0.6 is 0 Å². The monoisotopic (exact) mass is 177 g/mol. The Hall–Kier alpha value is -0.200. The molecule has 5 nitrogen and oxygen atoms in total. The number of rotatable bonds is 3. The van der Waals surface area contributed by atoms with Gasteiger partial charge in [0.2, 0.25) is 0 Å². The fourth-order valence-electron chi connectivity index (χ4n) is 1.08. The van der Waals surface area contributed by atoms with Gasteiger partial charge in [-0.2, -0.15) is 0 Å². The predicted octanol–water partition coefficient (Wildman–Crippen LogP) is -1.72. The van der Waals surface area contributed by atoms with Crippen LogP contribution < -0.4 is 0 Å². The van der Waals surface area contributed by atoms with E-state index in [-0.39, 0.29) is 0 Å². The number of methoxy groups -OCH3 is 1. The Bertz CT molecular complexity index is 140. The number of hydrogen-bond donors (Lipinski definition) is 3. The molecule has 1 aliphatic heterocycles. The zero-order valence-corrected chi connectivity index (χ0v) is 6.75. The highest BCUT2D eigenvalue weighted by Gasteiger charge is 2.37. The standard InChI is InChI=1S/C7H13O5/c1-11-7-4(9)2-6(12-7)5(10)3-8/h2,4-10H,3H2,1H3/t4-,5-,6+,7?/m1/s1. The molecule has 1 unspecified atom stereocenters. The zero-order valence-electron chi connectivity index (χ0n) is 6.75. The maximum absolute atomic E-state index is 9.21. The number of aliphatic hydroxyl groups excluding tert-OH is 3. The van der Waals surface area contributed by atoms with Crippen LogP contribution in [0.1, 0.15) is 0 Å². The summed E-state index contributed by atoms with van der Waals surface area (Å²) in [6.45, 7) is -0.398. The molecule has 0 aliphatic carbocycles. The summed E-state index contributed by atoms with van der Waals surface area (Å²) in [6.07, 6.45) is -1.85. The smallest absolute Gasteiger partial charge is 0.183 e. The van der Waals surface area contributed by atoms with E-state index in [1.54, 1.807) is 0 Å². The molecule has 0 amide bonds. The van der Waals surface area contributed by atoms with E-state index in [0.29, 0.717) is 0 Å². The summed E-state index contributed by atoms with van der Waals surface area (Å²) in [4.78, 5) is 0. The van der Waals surface area contributed by atoms with Crippen LogP contribution in [-0.4, -0.2) is 53.6 Å². The summed E-state index contributed by atoms with van der Waals surface area (Å²) in [5, 5.41) is 26.9. The molecule has 1 radical (unpaired) electrons. The van der Waals surface area contributed by atoms with Crippen LogP contribution in [0.15, 0.2) is 0 Å².